The highest BCUT2D eigenvalue weighted by Gasteiger charge is 2.33. The minimum absolute atomic E-state index is 0.0376. The molecule has 0 bridgehead atoms. The SMILES string of the molecule is COc1ccc(OC)c(S(=O)(=O)N2CCN(C(=O)c3cc4cc(Cl)ccc4nc3C)CC2)c1. The van der Waals surface area contributed by atoms with Crippen LogP contribution in [0.15, 0.2) is 47.4 Å². The Labute approximate surface area is 197 Å². The van der Waals surface area contributed by atoms with Gasteiger partial charge in [-0.25, -0.2) is 8.42 Å². The van der Waals surface area contributed by atoms with E-state index in [0.29, 0.717) is 22.0 Å². The summed E-state index contributed by atoms with van der Waals surface area (Å²) in [5.41, 5.74) is 1.86. The first-order chi connectivity index (χ1) is 15.7. The van der Waals surface area contributed by atoms with E-state index in [9.17, 15) is 13.2 Å². The molecule has 8 nitrogen and oxygen atoms in total. The zero-order valence-corrected chi connectivity index (χ0v) is 20.1. The first-order valence-electron chi connectivity index (χ1n) is 10.3. The van der Waals surface area contributed by atoms with E-state index >= 15 is 0 Å². The lowest BCUT2D eigenvalue weighted by Crippen LogP contribution is -2.50. The Morgan fingerprint density at radius 3 is 2.39 bits per heavy atom. The number of carbonyl (C=O) groups excluding carboxylic acids is 1. The summed E-state index contributed by atoms with van der Waals surface area (Å²) in [6.45, 7) is 2.65. The molecular weight excluding hydrogens is 466 g/mol. The summed E-state index contributed by atoms with van der Waals surface area (Å²) < 4.78 is 38.3. The molecule has 0 saturated carbocycles. The summed E-state index contributed by atoms with van der Waals surface area (Å²) >= 11 is 6.09. The average Bonchev–Trinajstić information content (AvgIpc) is 2.83. The van der Waals surface area contributed by atoms with Gasteiger partial charge in [-0.1, -0.05) is 11.6 Å². The van der Waals surface area contributed by atoms with Crippen molar-refractivity contribution >= 4 is 38.4 Å². The van der Waals surface area contributed by atoms with Crippen molar-refractivity contribution in [3.05, 3.63) is 58.7 Å². The summed E-state index contributed by atoms with van der Waals surface area (Å²) in [7, 11) is -0.936. The molecule has 174 valence electrons. The number of rotatable bonds is 5. The van der Waals surface area contributed by atoms with E-state index < -0.39 is 10.0 Å². The normalized spacial score (nSPS) is 15.0. The van der Waals surface area contributed by atoms with Gasteiger partial charge in [0.25, 0.3) is 5.91 Å². The minimum atomic E-state index is -3.83. The topological polar surface area (TPSA) is 89.0 Å². The number of hydrogen-bond acceptors (Lipinski definition) is 6. The van der Waals surface area contributed by atoms with Gasteiger partial charge in [0.1, 0.15) is 16.4 Å². The summed E-state index contributed by atoms with van der Waals surface area (Å²) in [4.78, 5) is 19.4. The maximum Gasteiger partial charge on any atom is 0.255 e. The molecule has 1 aliphatic heterocycles. The fourth-order valence-electron chi connectivity index (χ4n) is 3.89. The maximum absolute atomic E-state index is 13.3. The number of ether oxygens (including phenoxy) is 2. The van der Waals surface area contributed by atoms with Crippen LogP contribution in [0.5, 0.6) is 11.5 Å². The molecule has 10 heteroatoms. The van der Waals surface area contributed by atoms with E-state index in [0.717, 1.165) is 10.9 Å². The molecule has 1 aromatic heterocycles. The molecule has 3 aromatic rings. The van der Waals surface area contributed by atoms with Gasteiger partial charge < -0.3 is 14.4 Å². The number of benzene rings is 2. The molecule has 0 spiro atoms. The maximum atomic E-state index is 13.3. The van der Waals surface area contributed by atoms with Crippen LogP contribution in [0.2, 0.25) is 5.02 Å². The third-order valence-corrected chi connectivity index (χ3v) is 7.87. The van der Waals surface area contributed by atoms with E-state index in [1.165, 1.54) is 24.6 Å². The fraction of sp³-hybridized carbons (Fsp3) is 0.304. The van der Waals surface area contributed by atoms with E-state index in [1.54, 1.807) is 42.2 Å². The van der Waals surface area contributed by atoms with Crippen LogP contribution in [0.3, 0.4) is 0 Å². The lowest BCUT2D eigenvalue weighted by Gasteiger charge is -2.34. The third kappa shape index (κ3) is 4.48. The van der Waals surface area contributed by atoms with E-state index in [4.69, 9.17) is 21.1 Å². The van der Waals surface area contributed by atoms with Crippen molar-refractivity contribution in [3.63, 3.8) is 0 Å². The highest BCUT2D eigenvalue weighted by atomic mass is 35.5. The van der Waals surface area contributed by atoms with Crippen molar-refractivity contribution in [3.8, 4) is 11.5 Å². The Bertz CT molecular complexity index is 1320. The lowest BCUT2D eigenvalue weighted by atomic mass is 10.1. The molecule has 33 heavy (non-hydrogen) atoms. The number of hydrogen-bond donors (Lipinski definition) is 0. The third-order valence-electron chi connectivity index (χ3n) is 5.71. The van der Waals surface area contributed by atoms with Crippen molar-refractivity contribution in [2.75, 3.05) is 40.4 Å². The van der Waals surface area contributed by atoms with Crippen LogP contribution in [0.4, 0.5) is 0 Å². The van der Waals surface area contributed by atoms with Gasteiger partial charge in [-0.2, -0.15) is 4.31 Å². The average molecular weight is 490 g/mol. The predicted octanol–water partition coefficient (Wildman–Crippen LogP) is 3.36. The highest BCUT2D eigenvalue weighted by molar-refractivity contribution is 7.89. The van der Waals surface area contributed by atoms with Crippen LogP contribution in [-0.4, -0.2) is 68.9 Å². The first kappa shape index (κ1) is 23.3. The quantitative estimate of drug-likeness (QED) is 0.546. The standard InChI is InChI=1S/C23H24ClN3O5S/c1-15-19(13-16-12-17(24)4-6-20(16)25-15)23(28)26-8-10-27(11-9-26)33(29,30)22-14-18(31-2)5-7-21(22)32-3/h4-7,12-14H,8-11H2,1-3H3. The molecule has 4 rings (SSSR count). The molecule has 1 saturated heterocycles. The van der Waals surface area contributed by atoms with Crippen LogP contribution in [-0.2, 0) is 10.0 Å². The Hall–Kier alpha value is -2.88. The monoisotopic (exact) mass is 489 g/mol. The first-order valence-corrected chi connectivity index (χ1v) is 12.1. The van der Waals surface area contributed by atoms with Crippen LogP contribution in [0.1, 0.15) is 16.1 Å². The van der Waals surface area contributed by atoms with Crippen molar-refractivity contribution < 1.29 is 22.7 Å². The van der Waals surface area contributed by atoms with Crippen molar-refractivity contribution in [1.29, 1.82) is 0 Å². The molecule has 0 N–H and O–H groups in total. The van der Waals surface area contributed by atoms with Gasteiger partial charge in [0.15, 0.2) is 0 Å². The number of piperazine rings is 1. The summed E-state index contributed by atoms with van der Waals surface area (Å²) in [5.74, 6) is 0.478. The van der Waals surface area contributed by atoms with E-state index in [-0.39, 0.29) is 42.7 Å². The minimum Gasteiger partial charge on any atom is -0.497 e. The molecule has 0 unspecified atom stereocenters. The summed E-state index contributed by atoms with van der Waals surface area (Å²) in [6, 6.07) is 11.8. The fourth-order valence-corrected chi connectivity index (χ4v) is 5.66. The molecule has 2 aromatic carbocycles. The van der Waals surface area contributed by atoms with Gasteiger partial charge in [-0.15, -0.1) is 0 Å². The van der Waals surface area contributed by atoms with Gasteiger partial charge >= 0.3 is 0 Å². The molecule has 2 heterocycles. The van der Waals surface area contributed by atoms with Crippen molar-refractivity contribution in [2.24, 2.45) is 0 Å². The Kier molecular flexibility index (Phi) is 6.47. The van der Waals surface area contributed by atoms with Gasteiger partial charge in [-0.05, 0) is 43.3 Å². The van der Waals surface area contributed by atoms with E-state index in [2.05, 4.69) is 4.98 Å². The number of methoxy groups -OCH3 is 2. The second kappa shape index (κ2) is 9.17. The number of nitrogens with zero attached hydrogens (tertiary/aromatic N) is 3. The highest BCUT2D eigenvalue weighted by Crippen LogP contribution is 2.31. The predicted molar refractivity (Wildman–Crippen MR) is 126 cm³/mol. The number of aryl methyl sites for hydroxylation is 1. The Balaban J connectivity index is 1.54. The number of aromatic nitrogens is 1. The van der Waals surface area contributed by atoms with E-state index in [1.807, 2.05) is 6.07 Å². The van der Waals surface area contributed by atoms with Crippen molar-refractivity contribution in [1.82, 2.24) is 14.2 Å². The van der Waals surface area contributed by atoms with Crippen LogP contribution in [0.25, 0.3) is 10.9 Å². The molecule has 1 fully saturated rings. The molecule has 1 amide bonds. The second-order valence-corrected chi connectivity index (χ2v) is 10.0. The number of carbonyl (C=O) groups is 1. The number of sulfonamides is 1. The van der Waals surface area contributed by atoms with Gasteiger partial charge in [0, 0.05) is 42.7 Å². The second-order valence-electron chi connectivity index (χ2n) is 7.67. The van der Waals surface area contributed by atoms with Gasteiger partial charge in [-0.3, -0.25) is 9.78 Å². The number of halogens is 1. The lowest BCUT2D eigenvalue weighted by molar-refractivity contribution is 0.0696. The zero-order valence-electron chi connectivity index (χ0n) is 18.5. The summed E-state index contributed by atoms with van der Waals surface area (Å²) in [6.07, 6.45) is 0. The van der Waals surface area contributed by atoms with Crippen LogP contribution >= 0.6 is 11.6 Å². The molecule has 0 atom stereocenters. The molecule has 0 aliphatic carbocycles. The number of pyridine rings is 1. The number of fused-ring (bicyclic) bond motifs is 1. The largest absolute Gasteiger partial charge is 0.497 e. The van der Waals surface area contributed by atoms with Crippen molar-refractivity contribution in [2.45, 2.75) is 11.8 Å². The molecular formula is C23H24ClN3O5S. The van der Waals surface area contributed by atoms with Crippen LogP contribution < -0.4 is 9.47 Å². The van der Waals surface area contributed by atoms with Gasteiger partial charge in [0.2, 0.25) is 10.0 Å². The summed E-state index contributed by atoms with van der Waals surface area (Å²) in [5, 5.41) is 1.35. The van der Waals surface area contributed by atoms with Gasteiger partial charge in [0.05, 0.1) is 31.0 Å². The van der Waals surface area contributed by atoms with Crippen LogP contribution in [0, 0.1) is 6.92 Å². The Morgan fingerprint density at radius 1 is 1.00 bits per heavy atom. The Morgan fingerprint density at radius 2 is 1.73 bits per heavy atom. The zero-order chi connectivity index (χ0) is 23.8. The smallest absolute Gasteiger partial charge is 0.255 e. The molecule has 1 aliphatic rings. The molecule has 0 radical (unpaired) electrons. The number of amides is 1.